The summed E-state index contributed by atoms with van der Waals surface area (Å²) < 4.78 is 17.9. The van der Waals surface area contributed by atoms with Crippen LogP contribution in [0.1, 0.15) is 27.7 Å². The first-order chi connectivity index (χ1) is 18.5. The molecule has 0 rings (SSSR count). The van der Waals surface area contributed by atoms with Crippen LogP contribution in [0.5, 0.6) is 0 Å². The monoisotopic (exact) mass is 552 g/mol. The van der Waals surface area contributed by atoms with E-state index in [0.717, 1.165) is 0 Å². The van der Waals surface area contributed by atoms with Crippen LogP contribution in [0.3, 0.4) is 0 Å². The van der Waals surface area contributed by atoms with Gasteiger partial charge in [-0.1, -0.05) is 40.5 Å². The Bertz CT molecular complexity index is 767. The minimum absolute atomic E-state index is 0.00408. The van der Waals surface area contributed by atoms with Gasteiger partial charge in [0.1, 0.15) is 11.3 Å². The quantitative estimate of drug-likeness (QED) is 0.129. The van der Waals surface area contributed by atoms with E-state index in [1.54, 1.807) is 0 Å². The van der Waals surface area contributed by atoms with Crippen LogP contribution in [0, 0.1) is 17.8 Å². The van der Waals surface area contributed by atoms with Gasteiger partial charge in [-0.3, -0.25) is 19.2 Å². The number of nitrogens with one attached hydrogen (secondary N) is 4. The molecule has 0 spiro atoms. The maximum absolute atomic E-state index is 12.4. The van der Waals surface area contributed by atoms with Gasteiger partial charge in [-0.25, -0.2) is 0 Å². The van der Waals surface area contributed by atoms with E-state index in [1.165, 1.54) is 25.2 Å². The fourth-order valence-corrected chi connectivity index (χ4v) is 3.28. The van der Waals surface area contributed by atoms with Gasteiger partial charge in [-0.05, 0) is 42.9 Å². The molecule has 0 aliphatic carbocycles. The zero-order chi connectivity index (χ0) is 29.7. The molecule has 0 fully saturated rings. The first-order valence-corrected chi connectivity index (χ1v) is 13.1. The van der Waals surface area contributed by atoms with E-state index in [9.17, 15) is 19.2 Å². The zero-order valence-electron chi connectivity index (χ0n) is 24.0. The van der Waals surface area contributed by atoms with Crippen LogP contribution in [-0.4, -0.2) is 94.9 Å². The van der Waals surface area contributed by atoms with E-state index >= 15 is 0 Å². The molecule has 3 amide bonds. The second-order valence-corrected chi connectivity index (χ2v) is 10.1. The van der Waals surface area contributed by atoms with Gasteiger partial charge in [0.15, 0.2) is 0 Å². The standard InChI is InChI=1S/C28H48N4O7/c1-8-25(34)30-12-22(5)16-38-19-28(32-27(36)10-3,18-37-15-21(4)11-29-14-24(7)33)20-39-17-23(6)13-31-26(35)9-2/h8-10,21-23,29H,1-3,11-20H2,4-7H3,(H,30,34)(H,31,35)(H,32,36). The number of ketones is 1. The summed E-state index contributed by atoms with van der Waals surface area (Å²) in [6.07, 6.45) is 3.58. The molecule has 0 bridgehead atoms. The minimum atomic E-state index is -1.02. The largest absolute Gasteiger partial charge is 0.379 e. The highest BCUT2D eigenvalue weighted by Gasteiger charge is 2.34. The third-order valence-electron chi connectivity index (χ3n) is 5.40. The van der Waals surface area contributed by atoms with Gasteiger partial charge >= 0.3 is 0 Å². The van der Waals surface area contributed by atoms with Gasteiger partial charge in [0.2, 0.25) is 17.7 Å². The lowest BCUT2D eigenvalue weighted by molar-refractivity contribution is -0.124. The van der Waals surface area contributed by atoms with Crippen LogP contribution in [0.4, 0.5) is 0 Å². The Kier molecular flexibility index (Phi) is 19.5. The molecule has 0 aromatic rings. The number of carbonyl (C=O) groups is 4. The Hall–Kier alpha value is -2.86. The molecule has 0 radical (unpaired) electrons. The molecule has 3 atom stereocenters. The van der Waals surface area contributed by atoms with Gasteiger partial charge in [-0.2, -0.15) is 0 Å². The Morgan fingerprint density at radius 1 is 0.692 bits per heavy atom. The van der Waals surface area contributed by atoms with E-state index in [0.29, 0.717) is 46.0 Å². The molecule has 0 saturated heterocycles. The van der Waals surface area contributed by atoms with Crippen LogP contribution in [0.15, 0.2) is 38.0 Å². The molecular weight excluding hydrogens is 504 g/mol. The molecule has 3 unspecified atom stereocenters. The number of hydrogen-bond donors (Lipinski definition) is 4. The lowest BCUT2D eigenvalue weighted by Gasteiger charge is -2.35. The number of Topliss-reactive ketones (excluding diaryl/α,β-unsaturated/α-hetero) is 1. The second kappa shape index (κ2) is 21.0. The SMILES string of the molecule is C=CC(=O)NCC(C)COCC(COCC(C)CNCC(C)=O)(COCC(C)CNC(=O)C=C)NC(=O)C=C. The maximum Gasteiger partial charge on any atom is 0.244 e. The molecule has 4 N–H and O–H groups in total. The number of hydrogen-bond acceptors (Lipinski definition) is 8. The molecule has 39 heavy (non-hydrogen) atoms. The lowest BCUT2D eigenvalue weighted by atomic mass is 10.0. The van der Waals surface area contributed by atoms with Crippen molar-refractivity contribution >= 4 is 23.5 Å². The molecule has 0 heterocycles. The van der Waals surface area contributed by atoms with Crippen molar-refractivity contribution in [2.45, 2.75) is 33.2 Å². The fourth-order valence-electron chi connectivity index (χ4n) is 3.28. The van der Waals surface area contributed by atoms with Crippen LogP contribution in [0.2, 0.25) is 0 Å². The van der Waals surface area contributed by atoms with Gasteiger partial charge in [0, 0.05) is 19.6 Å². The van der Waals surface area contributed by atoms with Crippen molar-refractivity contribution in [3.63, 3.8) is 0 Å². The molecule has 0 aliphatic heterocycles. The van der Waals surface area contributed by atoms with Crippen molar-refractivity contribution < 1.29 is 33.4 Å². The van der Waals surface area contributed by atoms with Gasteiger partial charge in [-0.15, -0.1) is 0 Å². The summed E-state index contributed by atoms with van der Waals surface area (Å²) in [5.74, 6) is -0.752. The third kappa shape index (κ3) is 18.9. The summed E-state index contributed by atoms with van der Waals surface area (Å²) >= 11 is 0. The molecule has 0 saturated carbocycles. The van der Waals surface area contributed by atoms with Crippen molar-refractivity contribution in [3.05, 3.63) is 38.0 Å². The molecule has 0 aliphatic rings. The smallest absolute Gasteiger partial charge is 0.244 e. The molecule has 222 valence electrons. The second-order valence-electron chi connectivity index (χ2n) is 10.1. The summed E-state index contributed by atoms with van der Waals surface area (Å²) in [5, 5.41) is 11.5. The van der Waals surface area contributed by atoms with E-state index in [-0.39, 0.29) is 55.2 Å². The topological polar surface area (TPSA) is 144 Å². The van der Waals surface area contributed by atoms with E-state index < -0.39 is 11.4 Å². The number of rotatable bonds is 24. The molecule has 0 aromatic carbocycles. The first kappa shape index (κ1) is 36.1. The van der Waals surface area contributed by atoms with Crippen molar-refractivity contribution in [3.8, 4) is 0 Å². The number of carbonyl (C=O) groups excluding carboxylic acids is 4. The summed E-state index contributed by atoms with van der Waals surface area (Å²) in [7, 11) is 0. The highest BCUT2D eigenvalue weighted by Crippen LogP contribution is 2.12. The van der Waals surface area contributed by atoms with Crippen molar-refractivity contribution in [1.82, 2.24) is 21.3 Å². The molecule has 0 aromatic heterocycles. The predicted octanol–water partition coefficient (Wildman–Crippen LogP) is 0.769. The zero-order valence-corrected chi connectivity index (χ0v) is 24.0. The summed E-state index contributed by atoms with van der Waals surface area (Å²) in [6.45, 7) is 20.8. The highest BCUT2D eigenvalue weighted by atomic mass is 16.5. The van der Waals surface area contributed by atoms with Gasteiger partial charge in [0.05, 0.1) is 46.2 Å². The Labute approximate surface area is 233 Å². The van der Waals surface area contributed by atoms with Gasteiger partial charge in [0.25, 0.3) is 0 Å². The number of amides is 3. The third-order valence-corrected chi connectivity index (χ3v) is 5.40. The summed E-state index contributed by atoms with van der Waals surface area (Å²) in [4.78, 5) is 46.4. The van der Waals surface area contributed by atoms with Crippen molar-refractivity contribution in [2.75, 3.05) is 65.8 Å². The minimum Gasteiger partial charge on any atom is -0.379 e. The average molecular weight is 553 g/mol. The van der Waals surface area contributed by atoms with E-state index in [4.69, 9.17) is 14.2 Å². The highest BCUT2D eigenvalue weighted by molar-refractivity contribution is 5.88. The fraction of sp³-hybridized carbons (Fsp3) is 0.643. The summed E-state index contributed by atoms with van der Waals surface area (Å²) in [6, 6.07) is 0. The van der Waals surface area contributed by atoms with Crippen molar-refractivity contribution in [1.29, 1.82) is 0 Å². The normalized spacial score (nSPS) is 14.7. The Morgan fingerprint density at radius 3 is 1.44 bits per heavy atom. The average Bonchev–Trinajstić information content (AvgIpc) is 2.89. The number of ether oxygens (including phenoxy) is 3. The molecule has 11 nitrogen and oxygen atoms in total. The lowest BCUT2D eigenvalue weighted by Crippen LogP contribution is -2.58. The van der Waals surface area contributed by atoms with Crippen LogP contribution in [-0.2, 0) is 33.4 Å². The Morgan fingerprint density at radius 2 is 1.08 bits per heavy atom. The molecular formula is C28H48N4O7. The van der Waals surface area contributed by atoms with Crippen molar-refractivity contribution in [2.24, 2.45) is 17.8 Å². The Balaban J connectivity index is 5.29. The van der Waals surface area contributed by atoms with Crippen LogP contribution in [0.25, 0.3) is 0 Å². The first-order valence-electron chi connectivity index (χ1n) is 13.1. The predicted molar refractivity (Wildman–Crippen MR) is 151 cm³/mol. The van der Waals surface area contributed by atoms with Gasteiger partial charge < -0.3 is 35.5 Å². The van der Waals surface area contributed by atoms with Crippen LogP contribution < -0.4 is 21.3 Å². The van der Waals surface area contributed by atoms with Crippen LogP contribution >= 0.6 is 0 Å². The van der Waals surface area contributed by atoms with E-state index in [1.807, 2.05) is 20.8 Å². The maximum atomic E-state index is 12.4. The summed E-state index contributed by atoms with van der Waals surface area (Å²) in [5.41, 5.74) is -1.02. The molecule has 11 heteroatoms. The van der Waals surface area contributed by atoms with E-state index in [2.05, 4.69) is 41.0 Å².